The Labute approximate surface area is 105 Å². The molecular formula is C12H10Cl2N2. The van der Waals surface area contributed by atoms with Crippen LogP contribution in [0.2, 0.25) is 0 Å². The third-order valence-corrected chi connectivity index (χ3v) is 2.18. The average molecular weight is 253 g/mol. The van der Waals surface area contributed by atoms with Gasteiger partial charge in [0.15, 0.2) is 5.82 Å². The molecule has 4 heteroatoms. The molecule has 16 heavy (non-hydrogen) atoms. The molecule has 0 amide bonds. The molecule has 0 bridgehead atoms. The molecule has 0 radical (unpaired) electrons. The smallest absolute Gasteiger partial charge is 0.153 e. The summed E-state index contributed by atoms with van der Waals surface area (Å²) in [5, 5.41) is 0.453. The first-order valence-corrected chi connectivity index (χ1v) is 4.95. The Hall–Kier alpha value is -1.38. The standard InChI is InChI=1S/C12H9ClN2.ClH/c13-12(10-6-2-1-3-7-10)15-11-8-4-5-9-14-11;/h1-9H;1H. The van der Waals surface area contributed by atoms with Crippen LogP contribution in [0.15, 0.2) is 59.7 Å². The molecule has 0 saturated heterocycles. The van der Waals surface area contributed by atoms with Crippen LogP contribution in [0.4, 0.5) is 5.82 Å². The summed E-state index contributed by atoms with van der Waals surface area (Å²) < 4.78 is 0. The highest BCUT2D eigenvalue weighted by atomic mass is 35.5. The fourth-order valence-electron chi connectivity index (χ4n) is 1.16. The van der Waals surface area contributed by atoms with Gasteiger partial charge < -0.3 is 0 Å². The molecule has 2 nitrogen and oxygen atoms in total. The van der Waals surface area contributed by atoms with Gasteiger partial charge in [-0.05, 0) is 12.1 Å². The number of hydrogen-bond donors (Lipinski definition) is 0. The van der Waals surface area contributed by atoms with E-state index in [9.17, 15) is 0 Å². The quantitative estimate of drug-likeness (QED) is 0.747. The number of halogens is 2. The van der Waals surface area contributed by atoms with E-state index in [4.69, 9.17) is 11.6 Å². The fourth-order valence-corrected chi connectivity index (χ4v) is 1.37. The second kappa shape index (κ2) is 6.26. The van der Waals surface area contributed by atoms with Crippen molar-refractivity contribution in [2.24, 2.45) is 4.99 Å². The number of pyridine rings is 1. The topological polar surface area (TPSA) is 25.2 Å². The Kier molecular flexibility index (Phi) is 4.96. The predicted octanol–water partition coefficient (Wildman–Crippen LogP) is 3.82. The van der Waals surface area contributed by atoms with E-state index in [1.165, 1.54) is 0 Å². The Balaban J connectivity index is 0.00000128. The van der Waals surface area contributed by atoms with Crippen LogP contribution in [-0.2, 0) is 0 Å². The normalized spacial score (nSPS) is 10.7. The lowest BCUT2D eigenvalue weighted by molar-refractivity contribution is 1.28. The molecule has 0 saturated carbocycles. The third-order valence-electron chi connectivity index (χ3n) is 1.87. The van der Waals surface area contributed by atoms with Crippen LogP contribution in [0.1, 0.15) is 5.56 Å². The summed E-state index contributed by atoms with van der Waals surface area (Å²) in [5.41, 5.74) is 0.893. The summed E-state index contributed by atoms with van der Waals surface area (Å²) in [6.45, 7) is 0. The van der Waals surface area contributed by atoms with Crippen molar-refractivity contribution >= 4 is 35.0 Å². The summed E-state index contributed by atoms with van der Waals surface area (Å²) in [4.78, 5) is 8.27. The maximum Gasteiger partial charge on any atom is 0.153 e. The first-order valence-electron chi connectivity index (χ1n) is 4.57. The van der Waals surface area contributed by atoms with Crippen molar-refractivity contribution in [1.29, 1.82) is 0 Å². The minimum absolute atomic E-state index is 0. The zero-order chi connectivity index (χ0) is 10.5. The van der Waals surface area contributed by atoms with Gasteiger partial charge in [-0.15, -0.1) is 12.4 Å². The first kappa shape index (κ1) is 12.7. The largest absolute Gasteiger partial charge is 0.237 e. The Morgan fingerprint density at radius 3 is 2.31 bits per heavy atom. The van der Waals surface area contributed by atoms with E-state index in [0.717, 1.165) is 5.56 Å². The van der Waals surface area contributed by atoms with Crippen molar-refractivity contribution in [3.63, 3.8) is 0 Å². The zero-order valence-electron chi connectivity index (χ0n) is 8.38. The second-order valence-electron chi connectivity index (χ2n) is 2.96. The van der Waals surface area contributed by atoms with E-state index in [0.29, 0.717) is 11.0 Å². The maximum atomic E-state index is 6.05. The SMILES string of the molecule is Cl.ClC(=Nc1ccccn1)c1ccccc1. The van der Waals surface area contributed by atoms with E-state index in [-0.39, 0.29) is 12.4 Å². The highest BCUT2D eigenvalue weighted by Gasteiger charge is 1.98. The van der Waals surface area contributed by atoms with Crippen LogP contribution in [-0.4, -0.2) is 10.2 Å². The van der Waals surface area contributed by atoms with Gasteiger partial charge >= 0.3 is 0 Å². The van der Waals surface area contributed by atoms with Crippen LogP contribution in [0.5, 0.6) is 0 Å². The van der Waals surface area contributed by atoms with Crippen molar-refractivity contribution < 1.29 is 0 Å². The zero-order valence-corrected chi connectivity index (χ0v) is 9.95. The number of hydrogen-bond acceptors (Lipinski definition) is 2. The van der Waals surface area contributed by atoms with Gasteiger partial charge in [-0.3, -0.25) is 0 Å². The second-order valence-corrected chi connectivity index (χ2v) is 3.31. The van der Waals surface area contributed by atoms with E-state index in [1.54, 1.807) is 6.20 Å². The van der Waals surface area contributed by atoms with Crippen molar-refractivity contribution in [3.8, 4) is 0 Å². The molecule has 2 aromatic rings. The van der Waals surface area contributed by atoms with Crippen molar-refractivity contribution in [2.45, 2.75) is 0 Å². The molecule has 1 heterocycles. The van der Waals surface area contributed by atoms with Crippen LogP contribution < -0.4 is 0 Å². The van der Waals surface area contributed by atoms with Crippen molar-refractivity contribution in [2.75, 3.05) is 0 Å². The number of aliphatic imine (C=N–C) groups is 1. The number of nitrogens with zero attached hydrogens (tertiary/aromatic N) is 2. The number of benzene rings is 1. The minimum atomic E-state index is 0. The van der Waals surface area contributed by atoms with Gasteiger partial charge in [0.2, 0.25) is 0 Å². The van der Waals surface area contributed by atoms with E-state index in [1.807, 2.05) is 48.5 Å². The summed E-state index contributed by atoms with van der Waals surface area (Å²) in [5.74, 6) is 0.617. The van der Waals surface area contributed by atoms with Crippen molar-refractivity contribution in [3.05, 3.63) is 60.3 Å². The third kappa shape index (κ3) is 3.33. The number of aromatic nitrogens is 1. The van der Waals surface area contributed by atoms with E-state index in [2.05, 4.69) is 9.98 Å². The first-order chi connectivity index (χ1) is 7.36. The van der Waals surface area contributed by atoms with Crippen LogP contribution in [0, 0.1) is 0 Å². The van der Waals surface area contributed by atoms with Gasteiger partial charge in [0, 0.05) is 11.8 Å². The molecular weight excluding hydrogens is 243 g/mol. The molecule has 0 fully saturated rings. The summed E-state index contributed by atoms with van der Waals surface area (Å²) >= 11 is 6.05. The summed E-state index contributed by atoms with van der Waals surface area (Å²) in [6.07, 6.45) is 1.69. The maximum absolute atomic E-state index is 6.05. The average Bonchev–Trinajstić information content (AvgIpc) is 2.31. The van der Waals surface area contributed by atoms with Crippen molar-refractivity contribution in [1.82, 2.24) is 4.98 Å². The fraction of sp³-hybridized carbons (Fsp3) is 0. The molecule has 1 aromatic carbocycles. The lowest BCUT2D eigenvalue weighted by Gasteiger charge is -1.97. The molecule has 2 rings (SSSR count). The highest BCUT2D eigenvalue weighted by Crippen LogP contribution is 2.11. The van der Waals surface area contributed by atoms with Gasteiger partial charge in [0.1, 0.15) is 5.17 Å². The minimum Gasteiger partial charge on any atom is -0.237 e. The van der Waals surface area contributed by atoms with Crippen LogP contribution in [0.3, 0.4) is 0 Å². The summed E-state index contributed by atoms with van der Waals surface area (Å²) in [6, 6.07) is 15.1. The molecule has 1 aromatic heterocycles. The van der Waals surface area contributed by atoms with Gasteiger partial charge in [0.05, 0.1) is 0 Å². The van der Waals surface area contributed by atoms with Gasteiger partial charge in [-0.25, -0.2) is 9.98 Å². The molecule has 0 atom stereocenters. The molecule has 0 aliphatic carbocycles. The van der Waals surface area contributed by atoms with E-state index >= 15 is 0 Å². The molecule has 0 unspecified atom stereocenters. The number of rotatable bonds is 2. The molecule has 82 valence electrons. The van der Waals surface area contributed by atoms with E-state index < -0.39 is 0 Å². The molecule has 0 aliphatic heterocycles. The molecule has 0 aliphatic rings. The molecule has 0 N–H and O–H groups in total. The Morgan fingerprint density at radius 2 is 1.69 bits per heavy atom. The van der Waals surface area contributed by atoms with Gasteiger partial charge in [-0.2, -0.15) is 0 Å². The summed E-state index contributed by atoms with van der Waals surface area (Å²) in [7, 11) is 0. The lowest BCUT2D eigenvalue weighted by atomic mass is 10.2. The predicted molar refractivity (Wildman–Crippen MR) is 70.0 cm³/mol. The molecule has 0 spiro atoms. The highest BCUT2D eigenvalue weighted by molar-refractivity contribution is 6.69. The van der Waals surface area contributed by atoms with Crippen LogP contribution >= 0.6 is 24.0 Å². The Morgan fingerprint density at radius 1 is 1.00 bits per heavy atom. The van der Waals surface area contributed by atoms with Gasteiger partial charge in [0.25, 0.3) is 0 Å². The van der Waals surface area contributed by atoms with Gasteiger partial charge in [-0.1, -0.05) is 48.0 Å². The monoisotopic (exact) mass is 252 g/mol. The Bertz CT molecular complexity index is 455. The van der Waals surface area contributed by atoms with Crippen LogP contribution in [0.25, 0.3) is 0 Å². The lowest BCUT2D eigenvalue weighted by Crippen LogP contribution is -1.89.